The molecule has 1 nitrogen and oxygen atoms in total. The molecular formula is C13H10BrCl2N. The lowest BCUT2D eigenvalue weighted by Crippen LogP contribution is -1.99. The van der Waals surface area contributed by atoms with Crippen LogP contribution in [-0.4, -0.2) is 0 Å². The van der Waals surface area contributed by atoms with Gasteiger partial charge in [0.05, 0.1) is 10.7 Å². The highest BCUT2D eigenvalue weighted by molar-refractivity contribution is 9.10. The summed E-state index contributed by atoms with van der Waals surface area (Å²) >= 11 is 15.3. The molecule has 0 atom stereocenters. The van der Waals surface area contributed by atoms with Crippen molar-refractivity contribution in [2.45, 2.75) is 6.54 Å². The van der Waals surface area contributed by atoms with Crippen LogP contribution in [0.3, 0.4) is 0 Å². The molecule has 1 N–H and O–H groups in total. The molecule has 2 aromatic rings. The maximum Gasteiger partial charge on any atom is 0.0638 e. The predicted molar refractivity (Wildman–Crippen MR) is 77.9 cm³/mol. The summed E-state index contributed by atoms with van der Waals surface area (Å²) in [7, 11) is 0. The van der Waals surface area contributed by atoms with E-state index in [4.69, 9.17) is 23.2 Å². The summed E-state index contributed by atoms with van der Waals surface area (Å²) < 4.78 is 1.00. The first-order valence-electron chi connectivity index (χ1n) is 5.08. The number of hydrogen-bond donors (Lipinski definition) is 1. The Morgan fingerprint density at radius 3 is 2.41 bits per heavy atom. The average Bonchev–Trinajstić information content (AvgIpc) is 2.32. The first kappa shape index (κ1) is 12.7. The summed E-state index contributed by atoms with van der Waals surface area (Å²) in [4.78, 5) is 0. The average molecular weight is 331 g/mol. The Kier molecular flexibility index (Phi) is 4.32. The molecule has 4 heteroatoms. The molecule has 0 fully saturated rings. The van der Waals surface area contributed by atoms with E-state index in [1.165, 1.54) is 0 Å². The van der Waals surface area contributed by atoms with Gasteiger partial charge in [0.1, 0.15) is 0 Å². The highest BCUT2D eigenvalue weighted by Gasteiger charge is 2.00. The second-order valence-corrected chi connectivity index (χ2v) is 5.36. The van der Waals surface area contributed by atoms with Crippen molar-refractivity contribution in [3.63, 3.8) is 0 Å². The molecule has 0 saturated heterocycles. The van der Waals surface area contributed by atoms with E-state index >= 15 is 0 Å². The maximum atomic E-state index is 6.08. The van der Waals surface area contributed by atoms with Gasteiger partial charge in [0.15, 0.2) is 0 Å². The summed E-state index contributed by atoms with van der Waals surface area (Å²) in [5.41, 5.74) is 2.07. The van der Waals surface area contributed by atoms with Gasteiger partial charge in [-0.2, -0.15) is 0 Å². The van der Waals surface area contributed by atoms with Gasteiger partial charge in [0.25, 0.3) is 0 Å². The number of benzene rings is 2. The zero-order valence-electron chi connectivity index (χ0n) is 8.88. The normalized spacial score (nSPS) is 10.3. The van der Waals surface area contributed by atoms with Crippen LogP contribution in [-0.2, 0) is 6.54 Å². The number of rotatable bonds is 3. The summed E-state index contributed by atoms with van der Waals surface area (Å²) in [5, 5.41) is 4.74. The molecule has 0 radical (unpaired) electrons. The summed E-state index contributed by atoms with van der Waals surface area (Å²) in [5.74, 6) is 0. The molecule has 0 aliphatic heterocycles. The fourth-order valence-electron chi connectivity index (χ4n) is 1.43. The summed E-state index contributed by atoms with van der Waals surface area (Å²) in [6, 6.07) is 13.5. The van der Waals surface area contributed by atoms with Crippen molar-refractivity contribution in [2.75, 3.05) is 5.32 Å². The Morgan fingerprint density at radius 1 is 1.00 bits per heavy atom. The molecule has 2 rings (SSSR count). The molecular weight excluding hydrogens is 321 g/mol. The SMILES string of the molecule is Clc1ccc(CNc2cc(Br)ccc2Cl)cc1. The predicted octanol–water partition coefficient (Wildman–Crippen LogP) is 5.37. The molecule has 0 aliphatic rings. The van der Waals surface area contributed by atoms with E-state index in [2.05, 4.69) is 21.2 Å². The Hall–Kier alpha value is -0.700. The van der Waals surface area contributed by atoms with E-state index in [9.17, 15) is 0 Å². The largest absolute Gasteiger partial charge is 0.380 e. The third-order valence-electron chi connectivity index (χ3n) is 2.32. The minimum atomic E-state index is 0.710. The first-order chi connectivity index (χ1) is 8.15. The smallest absolute Gasteiger partial charge is 0.0638 e. The molecule has 0 bridgehead atoms. The Morgan fingerprint density at radius 2 is 1.71 bits per heavy atom. The molecule has 0 aliphatic carbocycles. The van der Waals surface area contributed by atoms with E-state index in [1.807, 2.05) is 42.5 Å². The van der Waals surface area contributed by atoms with Gasteiger partial charge in [-0.25, -0.2) is 0 Å². The molecule has 0 heterocycles. The van der Waals surface area contributed by atoms with E-state index in [0.717, 1.165) is 20.7 Å². The molecule has 88 valence electrons. The molecule has 0 saturated carbocycles. The standard InChI is InChI=1S/C13H10BrCl2N/c14-10-3-6-12(16)13(7-10)17-8-9-1-4-11(15)5-2-9/h1-7,17H,8H2. The molecule has 2 aromatic carbocycles. The van der Waals surface area contributed by atoms with Crippen LogP contribution >= 0.6 is 39.1 Å². The fourth-order valence-corrected chi connectivity index (χ4v) is 2.10. The van der Waals surface area contributed by atoms with Gasteiger partial charge < -0.3 is 5.32 Å². The Bertz CT molecular complexity index is 511. The second-order valence-electron chi connectivity index (χ2n) is 3.60. The fraction of sp³-hybridized carbons (Fsp3) is 0.0769. The zero-order chi connectivity index (χ0) is 12.3. The lowest BCUT2D eigenvalue weighted by molar-refractivity contribution is 1.15. The van der Waals surface area contributed by atoms with E-state index in [0.29, 0.717) is 11.6 Å². The van der Waals surface area contributed by atoms with Gasteiger partial charge >= 0.3 is 0 Å². The van der Waals surface area contributed by atoms with Crippen molar-refractivity contribution in [2.24, 2.45) is 0 Å². The van der Waals surface area contributed by atoms with E-state index < -0.39 is 0 Å². The topological polar surface area (TPSA) is 12.0 Å². The lowest BCUT2D eigenvalue weighted by Gasteiger charge is -2.09. The number of halogens is 3. The van der Waals surface area contributed by atoms with Crippen LogP contribution in [0, 0.1) is 0 Å². The van der Waals surface area contributed by atoms with Crippen LogP contribution in [0.1, 0.15) is 5.56 Å². The monoisotopic (exact) mass is 329 g/mol. The third-order valence-corrected chi connectivity index (χ3v) is 3.40. The molecule has 17 heavy (non-hydrogen) atoms. The van der Waals surface area contributed by atoms with Gasteiger partial charge in [0, 0.05) is 16.0 Å². The molecule has 0 aromatic heterocycles. The molecule has 0 amide bonds. The number of anilines is 1. The second kappa shape index (κ2) is 5.76. The van der Waals surface area contributed by atoms with E-state index in [1.54, 1.807) is 0 Å². The Balaban J connectivity index is 2.07. The van der Waals surface area contributed by atoms with Crippen molar-refractivity contribution in [1.82, 2.24) is 0 Å². The van der Waals surface area contributed by atoms with Gasteiger partial charge in [-0.1, -0.05) is 51.3 Å². The summed E-state index contributed by atoms with van der Waals surface area (Å²) in [6.45, 7) is 0.716. The van der Waals surface area contributed by atoms with Crippen LogP contribution in [0.5, 0.6) is 0 Å². The quantitative estimate of drug-likeness (QED) is 0.797. The van der Waals surface area contributed by atoms with Gasteiger partial charge in [-0.05, 0) is 35.9 Å². The van der Waals surface area contributed by atoms with Crippen molar-refractivity contribution in [3.8, 4) is 0 Å². The number of nitrogens with one attached hydrogen (secondary N) is 1. The van der Waals surface area contributed by atoms with Crippen molar-refractivity contribution < 1.29 is 0 Å². The maximum absolute atomic E-state index is 6.08. The van der Waals surface area contributed by atoms with Crippen LogP contribution in [0.4, 0.5) is 5.69 Å². The van der Waals surface area contributed by atoms with Crippen LogP contribution in [0.15, 0.2) is 46.9 Å². The zero-order valence-corrected chi connectivity index (χ0v) is 12.0. The van der Waals surface area contributed by atoms with E-state index in [-0.39, 0.29) is 0 Å². The van der Waals surface area contributed by atoms with Crippen molar-refractivity contribution in [3.05, 3.63) is 62.5 Å². The summed E-state index contributed by atoms with van der Waals surface area (Å²) in [6.07, 6.45) is 0. The third kappa shape index (κ3) is 3.63. The van der Waals surface area contributed by atoms with Crippen molar-refractivity contribution >= 4 is 44.8 Å². The molecule has 0 unspecified atom stereocenters. The van der Waals surface area contributed by atoms with Crippen molar-refractivity contribution in [1.29, 1.82) is 0 Å². The first-order valence-corrected chi connectivity index (χ1v) is 6.63. The van der Waals surface area contributed by atoms with Gasteiger partial charge in [0.2, 0.25) is 0 Å². The van der Waals surface area contributed by atoms with Crippen LogP contribution in [0.25, 0.3) is 0 Å². The van der Waals surface area contributed by atoms with Gasteiger partial charge in [-0.15, -0.1) is 0 Å². The van der Waals surface area contributed by atoms with Crippen LogP contribution in [0.2, 0.25) is 10.0 Å². The molecule has 0 spiro atoms. The highest BCUT2D eigenvalue weighted by Crippen LogP contribution is 2.26. The minimum Gasteiger partial charge on any atom is -0.380 e. The lowest BCUT2D eigenvalue weighted by atomic mass is 10.2. The van der Waals surface area contributed by atoms with Gasteiger partial charge in [-0.3, -0.25) is 0 Å². The van der Waals surface area contributed by atoms with Crippen LogP contribution < -0.4 is 5.32 Å². The number of hydrogen-bond acceptors (Lipinski definition) is 1. The minimum absolute atomic E-state index is 0.710. The highest BCUT2D eigenvalue weighted by atomic mass is 79.9. The Labute approximate surface area is 119 Å².